The third-order valence-electron chi connectivity index (χ3n) is 1.97. The number of carbonyl (C=O) groups excluding carboxylic acids is 3. The molecule has 0 aromatic heterocycles. The second-order valence-corrected chi connectivity index (χ2v) is 9.00. The van der Waals surface area contributed by atoms with Gasteiger partial charge in [-0.15, -0.1) is 0 Å². The Hall–Kier alpha value is -1.45. The first-order chi connectivity index (χ1) is 13.4. The normalized spacial score (nSPS) is 10.6. The van der Waals surface area contributed by atoms with E-state index in [1.165, 1.54) is 0 Å². The van der Waals surface area contributed by atoms with Gasteiger partial charge in [0.1, 0.15) is 0 Å². The molecule has 0 bridgehead atoms. The smallest absolute Gasteiger partial charge is 0.748 e. The van der Waals surface area contributed by atoms with E-state index in [2.05, 4.69) is 14.7 Å². The SMILES string of the molecule is O=C(CCS(=O)(=O)[O-])OO.O=C(CCS(=O)(=O)[O-])OO.O=C(CCS(=O)(=O)[O-])OO.[Al+3]. The van der Waals surface area contributed by atoms with Crippen LogP contribution in [0.4, 0.5) is 0 Å². The van der Waals surface area contributed by atoms with Crippen molar-refractivity contribution in [1.82, 2.24) is 0 Å². The summed E-state index contributed by atoms with van der Waals surface area (Å²) in [6, 6.07) is 0. The zero-order valence-corrected chi connectivity index (χ0v) is 18.6. The Morgan fingerprint density at radius 2 is 0.710 bits per heavy atom. The van der Waals surface area contributed by atoms with Gasteiger partial charge >= 0.3 is 35.3 Å². The molecule has 0 unspecified atom stereocenters. The van der Waals surface area contributed by atoms with Crippen LogP contribution in [-0.4, -0.2) is 107 Å². The molecule has 22 heteroatoms. The molecule has 0 saturated carbocycles. The molecule has 31 heavy (non-hydrogen) atoms. The first-order valence-corrected chi connectivity index (χ1v) is 11.4. The third-order valence-corrected chi connectivity index (χ3v) is 4.09. The molecule has 0 radical (unpaired) electrons. The van der Waals surface area contributed by atoms with E-state index in [4.69, 9.17) is 15.8 Å². The average molecular weight is 534 g/mol. The van der Waals surface area contributed by atoms with E-state index in [0.717, 1.165) is 0 Å². The Balaban J connectivity index is -0.000000174. The first kappa shape index (κ1) is 36.9. The molecule has 0 atom stereocenters. The Bertz CT molecular complexity index is 730. The number of carbonyl (C=O) groups is 3. The summed E-state index contributed by atoms with van der Waals surface area (Å²) in [4.78, 5) is 39.3. The number of rotatable bonds is 9. The molecular weight excluding hydrogens is 519 g/mol. The van der Waals surface area contributed by atoms with Crippen molar-refractivity contribution in [2.45, 2.75) is 19.3 Å². The maximum absolute atomic E-state index is 9.98. The summed E-state index contributed by atoms with van der Waals surface area (Å²) in [5, 5.41) is 22.8. The van der Waals surface area contributed by atoms with Crippen molar-refractivity contribution in [3.8, 4) is 0 Å². The van der Waals surface area contributed by atoms with Crippen LogP contribution in [0.5, 0.6) is 0 Å². The maximum Gasteiger partial charge on any atom is 3.00 e. The summed E-state index contributed by atoms with van der Waals surface area (Å²) in [6.45, 7) is 0. The van der Waals surface area contributed by atoms with Gasteiger partial charge in [0.05, 0.1) is 49.6 Å². The Morgan fingerprint density at radius 1 is 0.548 bits per heavy atom. The van der Waals surface area contributed by atoms with Crippen LogP contribution in [0, 0.1) is 0 Å². The largest absolute Gasteiger partial charge is 3.00 e. The monoisotopic (exact) mass is 534 g/mol. The van der Waals surface area contributed by atoms with Gasteiger partial charge in [-0.3, -0.25) is 0 Å². The molecule has 0 aliphatic rings. The van der Waals surface area contributed by atoms with Gasteiger partial charge in [-0.2, -0.15) is 15.8 Å². The van der Waals surface area contributed by atoms with Crippen molar-refractivity contribution >= 4 is 65.6 Å². The van der Waals surface area contributed by atoms with Crippen molar-refractivity contribution < 1.29 is 83.7 Å². The van der Waals surface area contributed by atoms with Crippen LogP contribution < -0.4 is 0 Å². The summed E-state index contributed by atoms with van der Waals surface area (Å²) in [5.74, 6) is -5.98. The summed E-state index contributed by atoms with van der Waals surface area (Å²) < 4.78 is 88.3. The molecule has 0 rings (SSSR count). The minimum atomic E-state index is -4.39. The van der Waals surface area contributed by atoms with Gasteiger partial charge in [-0.1, -0.05) is 0 Å². The van der Waals surface area contributed by atoms with Gasteiger partial charge in [0.25, 0.3) is 0 Å². The van der Waals surface area contributed by atoms with Crippen LogP contribution in [-0.2, 0) is 59.4 Å². The van der Waals surface area contributed by atoms with Gasteiger partial charge in [-0.25, -0.2) is 39.6 Å². The van der Waals surface area contributed by atoms with Gasteiger partial charge in [0.15, 0.2) is 0 Å². The number of hydrogen-bond donors (Lipinski definition) is 3. The predicted octanol–water partition coefficient (Wildman–Crippen LogP) is -3.57. The molecule has 0 saturated heterocycles. The second kappa shape index (κ2) is 18.2. The van der Waals surface area contributed by atoms with Crippen molar-refractivity contribution in [3.63, 3.8) is 0 Å². The van der Waals surface area contributed by atoms with Crippen LogP contribution in [0.3, 0.4) is 0 Å². The Kier molecular flexibility index (Phi) is 21.6. The quantitative estimate of drug-likeness (QED) is 0.0846. The standard InChI is InChI=1S/3C3H6O6S.Al/c3*4-3(9-5)1-2-10(6,7)8;/h3*5H,1-2H2,(H,6,7,8);/q;;;+3/p-3. The van der Waals surface area contributed by atoms with Crippen LogP contribution in [0.15, 0.2) is 0 Å². The molecule has 3 N–H and O–H groups in total. The summed E-state index contributed by atoms with van der Waals surface area (Å²) in [6.07, 6.45) is -1.87. The molecule has 0 aliphatic heterocycles. The Morgan fingerprint density at radius 3 is 0.806 bits per heavy atom. The van der Waals surface area contributed by atoms with Gasteiger partial charge in [-0.05, 0) is 0 Å². The van der Waals surface area contributed by atoms with E-state index >= 15 is 0 Å². The van der Waals surface area contributed by atoms with Crippen LogP contribution in [0.1, 0.15) is 19.3 Å². The molecular formula is C9H15AlO18S3. The molecule has 0 heterocycles. The molecule has 180 valence electrons. The van der Waals surface area contributed by atoms with E-state index < -0.39 is 84.8 Å². The minimum Gasteiger partial charge on any atom is -0.748 e. The third kappa shape index (κ3) is 39.6. The number of hydrogen-bond acceptors (Lipinski definition) is 18. The van der Waals surface area contributed by atoms with Gasteiger partial charge < -0.3 is 28.3 Å². The molecule has 0 aromatic carbocycles. The zero-order chi connectivity index (χ0) is 24.6. The van der Waals surface area contributed by atoms with E-state index in [0.29, 0.717) is 0 Å². The summed E-state index contributed by atoms with van der Waals surface area (Å²) in [5.41, 5.74) is 0. The van der Waals surface area contributed by atoms with Crippen molar-refractivity contribution in [2.24, 2.45) is 0 Å². The molecule has 18 nitrogen and oxygen atoms in total. The van der Waals surface area contributed by atoms with Crippen molar-refractivity contribution in [2.75, 3.05) is 17.3 Å². The average Bonchev–Trinajstić information content (AvgIpc) is 2.61. The summed E-state index contributed by atoms with van der Waals surface area (Å²) >= 11 is 0. The minimum absolute atomic E-state index is 0. The fourth-order valence-corrected chi connectivity index (χ4v) is 2.01. The van der Waals surface area contributed by atoms with E-state index in [-0.39, 0.29) is 17.4 Å². The zero-order valence-electron chi connectivity index (χ0n) is 15.0. The van der Waals surface area contributed by atoms with Crippen molar-refractivity contribution in [3.05, 3.63) is 0 Å². The molecule has 0 aliphatic carbocycles. The second-order valence-electron chi connectivity index (χ2n) is 4.43. The molecule has 0 spiro atoms. The summed E-state index contributed by atoms with van der Waals surface area (Å²) in [7, 11) is -13.2. The molecule has 0 fully saturated rings. The van der Waals surface area contributed by atoms with E-state index in [1.807, 2.05) is 0 Å². The first-order valence-electron chi connectivity index (χ1n) is 6.70. The maximum atomic E-state index is 9.98. The van der Waals surface area contributed by atoms with Crippen LogP contribution >= 0.6 is 0 Å². The van der Waals surface area contributed by atoms with Gasteiger partial charge in [0, 0.05) is 17.3 Å². The fraction of sp³-hybridized carbons (Fsp3) is 0.667. The van der Waals surface area contributed by atoms with Crippen LogP contribution in [0.25, 0.3) is 0 Å². The molecule has 0 aromatic rings. The topological polar surface area (TPSA) is 311 Å². The predicted molar refractivity (Wildman–Crippen MR) is 89.5 cm³/mol. The van der Waals surface area contributed by atoms with Gasteiger partial charge in [0.2, 0.25) is 0 Å². The Labute approximate surface area is 185 Å². The van der Waals surface area contributed by atoms with E-state index in [9.17, 15) is 53.3 Å². The van der Waals surface area contributed by atoms with E-state index in [1.54, 1.807) is 0 Å². The van der Waals surface area contributed by atoms with Crippen LogP contribution in [0.2, 0.25) is 0 Å². The van der Waals surface area contributed by atoms with Crippen molar-refractivity contribution in [1.29, 1.82) is 0 Å². The molecule has 0 amide bonds. The fourth-order valence-electron chi connectivity index (χ4n) is 0.762.